The van der Waals surface area contributed by atoms with Gasteiger partial charge in [0.25, 0.3) is 0 Å². The number of hydrogen-bond donors (Lipinski definition) is 2. The molecule has 0 saturated heterocycles. The summed E-state index contributed by atoms with van der Waals surface area (Å²) in [6, 6.07) is 0.0868. The van der Waals surface area contributed by atoms with Gasteiger partial charge < -0.3 is 10.5 Å². The van der Waals surface area contributed by atoms with E-state index < -0.39 is 0 Å². The van der Waals surface area contributed by atoms with Crippen LogP contribution in [0.5, 0.6) is 0 Å². The van der Waals surface area contributed by atoms with Crippen molar-refractivity contribution >= 4 is 0 Å². The fourth-order valence-electron chi connectivity index (χ4n) is 1.38. The van der Waals surface area contributed by atoms with Gasteiger partial charge in [0.15, 0.2) is 0 Å². The number of rotatable bonds is 7. The molecule has 0 heterocycles. The molecule has 2 unspecified atom stereocenters. The average molecular weight is 198 g/mol. The number of nitrogens with two attached hydrogens (primary N) is 1. The van der Waals surface area contributed by atoms with E-state index in [1.54, 1.807) is 7.11 Å². The lowest BCUT2D eigenvalue weighted by molar-refractivity contribution is 0.118. The van der Waals surface area contributed by atoms with Crippen molar-refractivity contribution in [3.8, 4) is 12.3 Å². The van der Waals surface area contributed by atoms with Gasteiger partial charge in [-0.25, -0.2) is 0 Å². The summed E-state index contributed by atoms with van der Waals surface area (Å²) in [4.78, 5) is 0. The van der Waals surface area contributed by atoms with Crippen molar-refractivity contribution in [1.29, 1.82) is 0 Å². The number of nitrogens with one attached hydrogen (secondary N) is 1. The summed E-state index contributed by atoms with van der Waals surface area (Å²) in [5, 5.41) is 3.35. The molecular formula is C11H22N2O. The molecule has 0 aromatic heterocycles. The van der Waals surface area contributed by atoms with E-state index in [2.05, 4.69) is 18.2 Å². The van der Waals surface area contributed by atoms with Crippen molar-refractivity contribution in [2.24, 2.45) is 5.73 Å². The van der Waals surface area contributed by atoms with Crippen molar-refractivity contribution in [1.82, 2.24) is 5.32 Å². The van der Waals surface area contributed by atoms with Gasteiger partial charge in [0, 0.05) is 13.7 Å². The number of hydrogen-bond acceptors (Lipinski definition) is 3. The highest BCUT2D eigenvalue weighted by Crippen LogP contribution is 2.06. The maximum atomic E-state index is 5.68. The topological polar surface area (TPSA) is 47.3 Å². The van der Waals surface area contributed by atoms with Gasteiger partial charge in [0.1, 0.15) is 0 Å². The smallest absolute Gasteiger partial charge is 0.0692 e. The van der Waals surface area contributed by atoms with Crippen LogP contribution in [-0.2, 0) is 4.74 Å². The van der Waals surface area contributed by atoms with Crippen LogP contribution < -0.4 is 11.1 Å². The lowest BCUT2D eigenvalue weighted by atomic mass is 10.0. The Morgan fingerprint density at radius 2 is 2.29 bits per heavy atom. The molecule has 0 spiro atoms. The molecule has 0 amide bonds. The van der Waals surface area contributed by atoms with Crippen molar-refractivity contribution in [2.45, 2.75) is 38.3 Å². The molecule has 82 valence electrons. The molecule has 0 rings (SSSR count). The van der Waals surface area contributed by atoms with E-state index in [9.17, 15) is 0 Å². The zero-order valence-corrected chi connectivity index (χ0v) is 9.47. The van der Waals surface area contributed by atoms with Crippen molar-refractivity contribution in [2.75, 3.05) is 20.3 Å². The highest BCUT2D eigenvalue weighted by atomic mass is 16.5. The second kappa shape index (κ2) is 6.83. The Labute approximate surface area is 87.4 Å². The number of methoxy groups -OCH3 is 1. The van der Waals surface area contributed by atoms with Crippen LogP contribution in [0.1, 0.15) is 26.7 Å². The summed E-state index contributed by atoms with van der Waals surface area (Å²) >= 11 is 0. The Morgan fingerprint density at radius 1 is 1.64 bits per heavy atom. The first-order valence-electron chi connectivity index (χ1n) is 5.04. The Morgan fingerprint density at radius 3 is 2.64 bits per heavy atom. The lowest BCUT2D eigenvalue weighted by Gasteiger charge is -2.31. The molecule has 0 fully saturated rings. The van der Waals surface area contributed by atoms with Crippen molar-refractivity contribution in [3.63, 3.8) is 0 Å². The van der Waals surface area contributed by atoms with Gasteiger partial charge >= 0.3 is 0 Å². The minimum atomic E-state index is -0.221. The van der Waals surface area contributed by atoms with Crippen LogP contribution in [0.3, 0.4) is 0 Å². The first-order chi connectivity index (χ1) is 6.61. The first kappa shape index (κ1) is 13.4. The van der Waals surface area contributed by atoms with Gasteiger partial charge in [-0.2, -0.15) is 0 Å². The van der Waals surface area contributed by atoms with Crippen molar-refractivity contribution < 1.29 is 4.74 Å². The first-order valence-corrected chi connectivity index (χ1v) is 5.04. The molecule has 0 aliphatic carbocycles. The minimum absolute atomic E-state index is 0.0868. The summed E-state index contributed by atoms with van der Waals surface area (Å²) < 4.78 is 5.11. The van der Waals surface area contributed by atoms with Crippen LogP contribution in [0.25, 0.3) is 0 Å². The molecule has 3 nitrogen and oxygen atoms in total. The van der Waals surface area contributed by atoms with E-state index in [1.165, 1.54) is 0 Å². The molecule has 3 N–H and O–H groups in total. The summed E-state index contributed by atoms with van der Waals surface area (Å²) in [5.74, 6) is 2.73. The Bertz CT molecular complexity index is 188. The second-order valence-electron chi connectivity index (χ2n) is 3.85. The van der Waals surface area contributed by atoms with Crippen LogP contribution in [0.2, 0.25) is 0 Å². The monoisotopic (exact) mass is 198 g/mol. The SMILES string of the molecule is C#CC(CCC)NC(C)(CN)COC. The maximum Gasteiger partial charge on any atom is 0.0692 e. The summed E-state index contributed by atoms with van der Waals surface area (Å²) in [7, 11) is 1.67. The lowest BCUT2D eigenvalue weighted by Crippen LogP contribution is -2.55. The zero-order valence-electron chi connectivity index (χ0n) is 9.47. The number of ether oxygens (including phenoxy) is 1. The molecule has 0 radical (unpaired) electrons. The minimum Gasteiger partial charge on any atom is -0.383 e. The largest absolute Gasteiger partial charge is 0.383 e. The second-order valence-corrected chi connectivity index (χ2v) is 3.85. The van der Waals surface area contributed by atoms with E-state index in [0.29, 0.717) is 13.2 Å². The van der Waals surface area contributed by atoms with Gasteiger partial charge in [0.2, 0.25) is 0 Å². The molecule has 0 aliphatic heterocycles. The fraction of sp³-hybridized carbons (Fsp3) is 0.818. The van der Waals surface area contributed by atoms with Crippen LogP contribution in [0.4, 0.5) is 0 Å². The van der Waals surface area contributed by atoms with E-state index in [1.807, 2.05) is 6.92 Å². The van der Waals surface area contributed by atoms with E-state index in [0.717, 1.165) is 12.8 Å². The molecule has 3 heteroatoms. The van der Waals surface area contributed by atoms with E-state index >= 15 is 0 Å². The van der Waals surface area contributed by atoms with E-state index in [4.69, 9.17) is 16.9 Å². The third-order valence-corrected chi connectivity index (χ3v) is 2.21. The predicted molar refractivity (Wildman–Crippen MR) is 60.0 cm³/mol. The summed E-state index contributed by atoms with van der Waals surface area (Å²) in [5.41, 5.74) is 5.46. The van der Waals surface area contributed by atoms with Crippen LogP contribution >= 0.6 is 0 Å². The molecule has 2 atom stereocenters. The van der Waals surface area contributed by atoms with Gasteiger partial charge in [-0.1, -0.05) is 19.3 Å². The highest BCUT2D eigenvalue weighted by Gasteiger charge is 2.24. The Kier molecular flexibility index (Phi) is 6.56. The van der Waals surface area contributed by atoms with E-state index in [-0.39, 0.29) is 11.6 Å². The Balaban J connectivity index is 4.20. The molecule has 0 aromatic rings. The zero-order chi connectivity index (χ0) is 11.0. The van der Waals surface area contributed by atoms with Crippen molar-refractivity contribution in [3.05, 3.63) is 0 Å². The van der Waals surface area contributed by atoms with Crippen LogP contribution in [-0.4, -0.2) is 31.8 Å². The highest BCUT2D eigenvalue weighted by molar-refractivity contribution is 5.02. The van der Waals surface area contributed by atoms with Gasteiger partial charge in [-0.3, -0.25) is 5.32 Å². The normalized spacial score (nSPS) is 17.1. The summed E-state index contributed by atoms with van der Waals surface area (Å²) in [6.45, 7) is 5.23. The fourth-order valence-corrected chi connectivity index (χ4v) is 1.38. The van der Waals surface area contributed by atoms with Gasteiger partial charge in [-0.15, -0.1) is 6.42 Å². The standard InChI is InChI=1S/C11H22N2O/c1-5-7-10(6-2)13-11(3,8-12)9-14-4/h2,10,13H,5,7-9,12H2,1,3-4H3. The molecule has 0 bridgehead atoms. The molecular weight excluding hydrogens is 176 g/mol. The third-order valence-electron chi connectivity index (χ3n) is 2.21. The average Bonchev–Trinajstić information content (AvgIpc) is 2.17. The van der Waals surface area contributed by atoms with Gasteiger partial charge in [0.05, 0.1) is 18.2 Å². The predicted octanol–water partition coefficient (Wildman–Crippen LogP) is 0.742. The van der Waals surface area contributed by atoms with Crippen LogP contribution in [0, 0.1) is 12.3 Å². The quantitative estimate of drug-likeness (QED) is 0.593. The molecule has 0 aliphatic rings. The Hall–Kier alpha value is -0.560. The maximum absolute atomic E-state index is 5.68. The van der Waals surface area contributed by atoms with Crippen LogP contribution in [0.15, 0.2) is 0 Å². The van der Waals surface area contributed by atoms with Gasteiger partial charge in [-0.05, 0) is 13.3 Å². The molecule has 14 heavy (non-hydrogen) atoms. The molecule has 0 saturated carbocycles. The number of terminal acetylenes is 1. The summed E-state index contributed by atoms with van der Waals surface area (Å²) in [6.07, 6.45) is 7.46. The molecule has 0 aromatic carbocycles. The third kappa shape index (κ3) is 4.61.